The number of hydrogen-bond donors (Lipinski definition) is 0. The first-order chi connectivity index (χ1) is 13.6. The largest absolute Gasteiger partial charge is 0.332 e. The number of aromatic nitrogens is 4. The first-order valence-electron chi connectivity index (χ1n) is 9.96. The molecule has 0 fully saturated rings. The van der Waals surface area contributed by atoms with E-state index in [4.69, 9.17) is 0 Å². The summed E-state index contributed by atoms with van der Waals surface area (Å²) in [7, 11) is 3.16. The van der Waals surface area contributed by atoms with Gasteiger partial charge in [-0.05, 0) is 36.9 Å². The van der Waals surface area contributed by atoms with E-state index in [0.717, 1.165) is 56.4 Å². The minimum atomic E-state index is -0.342. The van der Waals surface area contributed by atoms with Crippen LogP contribution in [-0.2, 0) is 33.6 Å². The van der Waals surface area contributed by atoms with E-state index in [1.54, 1.807) is 13.4 Å². The van der Waals surface area contributed by atoms with Gasteiger partial charge in [0.15, 0.2) is 11.2 Å². The number of aryl methyl sites for hydroxylation is 2. The van der Waals surface area contributed by atoms with Crippen molar-refractivity contribution in [2.75, 3.05) is 13.1 Å². The van der Waals surface area contributed by atoms with Gasteiger partial charge in [0.25, 0.3) is 5.56 Å². The van der Waals surface area contributed by atoms with Gasteiger partial charge in [0, 0.05) is 33.7 Å². The van der Waals surface area contributed by atoms with Gasteiger partial charge in [-0.1, -0.05) is 30.7 Å². The molecule has 7 nitrogen and oxygen atoms in total. The van der Waals surface area contributed by atoms with E-state index in [-0.39, 0.29) is 11.2 Å². The Morgan fingerprint density at radius 2 is 1.71 bits per heavy atom. The number of nitrogens with zero attached hydrogens (tertiary/aromatic N) is 5. The monoisotopic (exact) mass is 381 g/mol. The summed E-state index contributed by atoms with van der Waals surface area (Å²) in [5.41, 5.74) is 3.30. The van der Waals surface area contributed by atoms with E-state index in [9.17, 15) is 9.59 Å². The molecule has 3 aromatic rings. The molecule has 1 aliphatic heterocycles. The fraction of sp³-hybridized carbons (Fsp3) is 0.476. The van der Waals surface area contributed by atoms with Crippen molar-refractivity contribution in [3.63, 3.8) is 0 Å². The highest BCUT2D eigenvalue weighted by atomic mass is 16.2. The zero-order valence-corrected chi connectivity index (χ0v) is 16.6. The van der Waals surface area contributed by atoms with Crippen LogP contribution in [0.1, 0.15) is 30.4 Å². The van der Waals surface area contributed by atoms with Crippen molar-refractivity contribution < 1.29 is 0 Å². The summed E-state index contributed by atoms with van der Waals surface area (Å²) in [6.45, 7) is 4.03. The second kappa shape index (κ2) is 7.75. The van der Waals surface area contributed by atoms with Gasteiger partial charge in [0.05, 0.1) is 6.33 Å². The summed E-state index contributed by atoms with van der Waals surface area (Å²) in [6.07, 6.45) is 6.05. The van der Waals surface area contributed by atoms with Crippen molar-refractivity contribution in [2.24, 2.45) is 14.1 Å². The lowest BCUT2D eigenvalue weighted by molar-refractivity contribution is 0.248. The van der Waals surface area contributed by atoms with Gasteiger partial charge < -0.3 is 4.57 Å². The molecule has 1 aromatic carbocycles. The first kappa shape index (κ1) is 18.7. The third kappa shape index (κ3) is 3.42. The van der Waals surface area contributed by atoms with Crippen molar-refractivity contribution in [3.05, 3.63) is 62.6 Å². The molecule has 4 rings (SSSR count). The average molecular weight is 381 g/mol. The Kier molecular flexibility index (Phi) is 5.17. The van der Waals surface area contributed by atoms with Crippen LogP contribution >= 0.6 is 0 Å². The Morgan fingerprint density at radius 3 is 2.54 bits per heavy atom. The summed E-state index contributed by atoms with van der Waals surface area (Å²) in [5.74, 6) is 0. The summed E-state index contributed by atoms with van der Waals surface area (Å²) in [6, 6.07) is 8.72. The standard InChI is InChI=1S/C21H27N5O2/c1-23-19-18(20(27)24(2)21(23)28)26(15-22-19)12-7-3-6-11-25-13-10-16-8-4-5-9-17(16)14-25/h4-5,8-9,15H,3,6-7,10-14H2,1-2H3. The summed E-state index contributed by atoms with van der Waals surface area (Å²) >= 11 is 0. The van der Waals surface area contributed by atoms with Crippen LogP contribution in [0.15, 0.2) is 40.2 Å². The molecule has 0 aliphatic carbocycles. The quantitative estimate of drug-likeness (QED) is 0.609. The molecule has 7 heteroatoms. The maximum atomic E-state index is 12.5. The number of unbranched alkanes of at least 4 members (excludes halogenated alkanes) is 2. The molecule has 0 atom stereocenters. The predicted octanol–water partition coefficient (Wildman–Crippen LogP) is 1.66. The van der Waals surface area contributed by atoms with Crippen molar-refractivity contribution >= 4 is 11.2 Å². The lowest BCUT2D eigenvalue weighted by atomic mass is 10.00. The van der Waals surface area contributed by atoms with Gasteiger partial charge in [0.2, 0.25) is 0 Å². The van der Waals surface area contributed by atoms with Crippen LogP contribution in [0, 0.1) is 0 Å². The molecule has 2 aromatic heterocycles. The van der Waals surface area contributed by atoms with E-state index >= 15 is 0 Å². The zero-order chi connectivity index (χ0) is 19.7. The highest BCUT2D eigenvalue weighted by Crippen LogP contribution is 2.19. The number of rotatable bonds is 6. The molecule has 1 aliphatic rings. The van der Waals surface area contributed by atoms with E-state index in [2.05, 4.69) is 34.1 Å². The van der Waals surface area contributed by atoms with Crippen LogP contribution < -0.4 is 11.2 Å². The molecule has 0 N–H and O–H groups in total. The molecule has 0 saturated heterocycles. The van der Waals surface area contributed by atoms with Gasteiger partial charge in [-0.2, -0.15) is 0 Å². The molecule has 0 bridgehead atoms. The van der Waals surface area contributed by atoms with Crippen molar-refractivity contribution in [2.45, 2.75) is 38.8 Å². The minimum Gasteiger partial charge on any atom is -0.325 e. The molecule has 3 heterocycles. The lowest BCUT2D eigenvalue weighted by Crippen LogP contribution is -2.37. The van der Waals surface area contributed by atoms with Crippen LogP contribution in [0.25, 0.3) is 11.2 Å². The smallest absolute Gasteiger partial charge is 0.325 e. The molecule has 28 heavy (non-hydrogen) atoms. The maximum absolute atomic E-state index is 12.5. The molecule has 0 amide bonds. The van der Waals surface area contributed by atoms with Crippen LogP contribution in [0.5, 0.6) is 0 Å². The molecule has 0 unspecified atom stereocenters. The summed E-state index contributed by atoms with van der Waals surface area (Å²) in [5, 5.41) is 0. The third-order valence-corrected chi connectivity index (χ3v) is 5.80. The Morgan fingerprint density at radius 1 is 0.964 bits per heavy atom. The van der Waals surface area contributed by atoms with Gasteiger partial charge in [-0.15, -0.1) is 0 Å². The average Bonchev–Trinajstić information content (AvgIpc) is 3.14. The number of imidazole rings is 1. The van der Waals surface area contributed by atoms with Crippen molar-refractivity contribution in [1.29, 1.82) is 0 Å². The van der Waals surface area contributed by atoms with Gasteiger partial charge in [-0.25, -0.2) is 9.78 Å². The Balaban J connectivity index is 1.32. The lowest BCUT2D eigenvalue weighted by Gasteiger charge is -2.28. The highest BCUT2D eigenvalue weighted by molar-refractivity contribution is 5.69. The van der Waals surface area contributed by atoms with Crippen molar-refractivity contribution in [3.8, 4) is 0 Å². The fourth-order valence-corrected chi connectivity index (χ4v) is 4.11. The van der Waals surface area contributed by atoms with E-state index < -0.39 is 0 Å². The Bertz CT molecular complexity index is 1110. The van der Waals surface area contributed by atoms with E-state index in [0.29, 0.717) is 11.2 Å². The normalized spacial score (nSPS) is 14.5. The fourth-order valence-electron chi connectivity index (χ4n) is 4.11. The topological polar surface area (TPSA) is 65.1 Å². The Hall–Kier alpha value is -2.67. The highest BCUT2D eigenvalue weighted by Gasteiger charge is 2.16. The number of benzene rings is 1. The molecule has 0 spiro atoms. The molecule has 0 saturated carbocycles. The second-order valence-corrected chi connectivity index (χ2v) is 7.67. The molecule has 148 valence electrons. The van der Waals surface area contributed by atoms with Gasteiger partial charge in [0.1, 0.15) is 0 Å². The second-order valence-electron chi connectivity index (χ2n) is 7.67. The minimum absolute atomic E-state index is 0.275. The maximum Gasteiger partial charge on any atom is 0.332 e. The van der Waals surface area contributed by atoms with Crippen LogP contribution in [0.4, 0.5) is 0 Å². The van der Waals surface area contributed by atoms with Crippen molar-refractivity contribution in [1.82, 2.24) is 23.6 Å². The zero-order valence-electron chi connectivity index (χ0n) is 16.6. The predicted molar refractivity (Wildman–Crippen MR) is 109 cm³/mol. The Labute approximate surface area is 163 Å². The van der Waals surface area contributed by atoms with Crippen LogP contribution in [0.2, 0.25) is 0 Å². The van der Waals surface area contributed by atoms with E-state index in [1.807, 2.05) is 4.57 Å². The third-order valence-electron chi connectivity index (χ3n) is 5.80. The summed E-state index contributed by atoms with van der Waals surface area (Å²) < 4.78 is 4.46. The molecule has 0 radical (unpaired) electrons. The SMILES string of the molecule is Cn1c(=O)c2c(ncn2CCCCCN2CCc3ccccc3C2)n(C)c1=O. The van der Waals surface area contributed by atoms with Gasteiger partial charge >= 0.3 is 5.69 Å². The number of fused-ring (bicyclic) bond motifs is 2. The van der Waals surface area contributed by atoms with Gasteiger partial charge in [-0.3, -0.25) is 18.8 Å². The molecular weight excluding hydrogens is 354 g/mol. The van der Waals surface area contributed by atoms with Crippen LogP contribution in [0.3, 0.4) is 0 Å². The summed E-state index contributed by atoms with van der Waals surface area (Å²) in [4.78, 5) is 31.3. The number of hydrogen-bond acceptors (Lipinski definition) is 4. The molecular formula is C21H27N5O2. The van der Waals surface area contributed by atoms with E-state index in [1.165, 1.54) is 22.7 Å². The van der Waals surface area contributed by atoms with Crippen LogP contribution in [-0.4, -0.2) is 36.7 Å². The first-order valence-corrected chi connectivity index (χ1v) is 9.96.